The van der Waals surface area contributed by atoms with Crippen LogP contribution >= 0.6 is 0 Å². The number of hydrogen-bond donors (Lipinski definition) is 3. The number of nitrogens with zero attached hydrogens (tertiary/aromatic N) is 4. The molecule has 1 saturated heterocycles. The highest BCUT2D eigenvalue weighted by Crippen LogP contribution is 2.25. The van der Waals surface area contributed by atoms with Gasteiger partial charge in [-0.05, 0) is 0 Å². The van der Waals surface area contributed by atoms with E-state index in [0.29, 0.717) is 11.2 Å². The second-order valence-corrected chi connectivity index (χ2v) is 4.25. The van der Waals surface area contributed by atoms with Crippen LogP contribution in [0.1, 0.15) is 6.42 Å². The zero-order chi connectivity index (χ0) is 13.6. The number of nitrogens with two attached hydrogens (primary N) is 1. The standard InChI is InChI=1S/C10H10N6O3/c11-7-6-8(13-3-12-6)15-10(14-7)16-2-4(9(18)19)1-5(16)17/h3-4H,1-2H2,(H,18,19)(H3,11,12,13,14,15). The summed E-state index contributed by atoms with van der Waals surface area (Å²) in [4.78, 5) is 38.8. The van der Waals surface area contributed by atoms with Crippen LogP contribution in [0.4, 0.5) is 11.8 Å². The quantitative estimate of drug-likeness (QED) is 0.655. The van der Waals surface area contributed by atoms with Crippen molar-refractivity contribution in [3.8, 4) is 0 Å². The summed E-state index contributed by atoms with van der Waals surface area (Å²) in [6.07, 6.45) is 1.36. The maximum Gasteiger partial charge on any atom is 0.308 e. The van der Waals surface area contributed by atoms with Crippen molar-refractivity contribution in [3.05, 3.63) is 6.33 Å². The number of fused-ring (bicyclic) bond motifs is 1. The normalized spacial score (nSPS) is 19.3. The second-order valence-electron chi connectivity index (χ2n) is 4.25. The van der Waals surface area contributed by atoms with Crippen molar-refractivity contribution >= 4 is 34.8 Å². The molecular weight excluding hydrogens is 252 g/mol. The number of aliphatic carboxylic acids is 1. The van der Waals surface area contributed by atoms with E-state index in [2.05, 4.69) is 19.9 Å². The van der Waals surface area contributed by atoms with E-state index in [9.17, 15) is 9.59 Å². The molecule has 0 aromatic carbocycles. The lowest BCUT2D eigenvalue weighted by atomic mass is 10.1. The van der Waals surface area contributed by atoms with Crippen LogP contribution in [0.2, 0.25) is 0 Å². The molecule has 3 heterocycles. The van der Waals surface area contributed by atoms with Crippen molar-refractivity contribution < 1.29 is 14.7 Å². The Labute approximate surface area is 106 Å². The summed E-state index contributed by atoms with van der Waals surface area (Å²) >= 11 is 0. The van der Waals surface area contributed by atoms with E-state index in [1.165, 1.54) is 11.2 Å². The van der Waals surface area contributed by atoms with E-state index < -0.39 is 11.9 Å². The fourth-order valence-corrected chi connectivity index (χ4v) is 2.03. The second kappa shape index (κ2) is 3.90. The molecule has 1 amide bonds. The SMILES string of the molecule is Nc1nc(N2CC(C(=O)O)CC2=O)nc2nc[nH]c12. The van der Waals surface area contributed by atoms with Crippen molar-refractivity contribution in [3.63, 3.8) is 0 Å². The van der Waals surface area contributed by atoms with Crippen LogP contribution in [0.25, 0.3) is 11.2 Å². The molecule has 2 aromatic heterocycles. The Morgan fingerprint density at radius 1 is 1.53 bits per heavy atom. The highest BCUT2D eigenvalue weighted by molar-refractivity contribution is 5.98. The summed E-state index contributed by atoms with van der Waals surface area (Å²) in [5.41, 5.74) is 6.56. The first-order chi connectivity index (χ1) is 9.06. The number of anilines is 2. The first-order valence-corrected chi connectivity index (χ1v) is 5.56. The molecule has 4 N–H and O–H groups in total. The topological polar surface area (TPSA) is 138 Å². The van der Waals surface area contributed by atoms with Crippen LogP contribution in [0, 0.1) is 5.92 Å². The number of carboxylic acids is 1. The molecular formula is C10H10N6O3. The average Bonchev–Trinajstić information content (AvgIpc) is 2.95. The molecule has 0 spiro atoms. The van der Waals surface area contributed by atoms with E-state index in [4.69, 9.17) is 10.8 Å². The van der Waals surface area contributed by atoms with Crippen molar-refractivity contribution in [1.29, 1.82) is 0 Å². The fourth-order valence-electron chi connectivity index (χ4n) is 2.03. The van der Waals surface area contributed by atoms with Crippen LogP contribution < -0.4 is 10.6 Å². The van der Waals surface area contributed by atoms with Gasteiger partial charge >= 0.3 is 5.97 Å². The number of carbonyl (C=O) groups excluding carboxylic acids is 1. The number of aromatic nitrogens is 4. The molecule has 9 heteroatoms. The molecule has 1 fully saturated rings. The number of rotatable bonds is 2. The smallest absolute Gasteiger partial charge is 0.308 e. The van der Waals surface area contributed by atoms with Gasteiger partial charge < -0.3 is 15.8 Å². The lowest BCUT2D eigenvalue weighted by Crippen LogP contribution is -2.28. The lowest BCUT2D eigenvalue weighted by Gasteiger charge is -2.13. The number of amides is 1. The average molecular weight is 262 g/mol. The van der Waals surface area contributed by atoms with Gasteiger partial charge in [-0.15, -0.1) is 0 Å². The van der Waals surface area contributed by atoms with Crippen molar-refractivity contribution in [2.75, 3.05) is 17.2 Å². The third kappa shape index (κ3) is 1.75. The van der Waals surface area contributed by atoms with E-state index >= 15 is 0 Å². The van der Waals surface area contributed by atoms with E-state index in [1.54, 1.807) is 0 Å². The molecule has 98 valence electrons. The van der Waals surface area contributed by atoms with Crippen LogP contribution in [-0.4, -0.2) is 43.5 Å². The van der Waals surface area contributed by atoms with Gasteiger partial charge in [0.05, 0.1) is 12.2 Å². The number of hydrogen-bond acceptors (Lipinski definition) is 6. The molecule has 3 rings (SSSR count). The van der Waals surface area contributed by atoms with Crippen LogP contribution in [-0.2, 0) is 9.59 Å². The van der Waals surface area contributed by atoms with Crippen LogP contribution in [0.3, 0.4) is 0 Å². The van der Waals surface area contributed by atoms with E-state index in [-0.39, 0.29) is 30.6 Å². The lowest BCUT2D eigenvalue weighted by molar-refractivity contribution is -0.141. The summed E-state index contributed by atoms with van der Waals surface area (Å²) in [5, 5.41) is 8.93. The minimum absolute atomic E-state index is 0.0452. The molecule has 0 bridgehead atoms. The fraction of sp³-hybridized carbons (Fsp3) is 0.300. The predicted molar refractivity (Wildman–Crippen MR) is 64.2 cm³/mol. The van der Waals surface area contributed by atoms with Gasteiger partial charge in [0.25, 0.3) is 0 Å². The van der Waals surface area contributed by atoms with E-state index in [0.717, 1.165) is 0 Å². The van der Waals surface area contributed by atoms with Gasteiger partial charge in [0.15, 0.2) is 11.5 Å². The summed E-state index contributed by atoms with van der Waals surface area (Å²) < 4.78 is 0. The Balaban J connectivity index is 2.00. The third-order valence-electron chi connectivity index (χ3n) is 3.02. The Kier molecular flexibility index (Phi) is 2.34. The zero-order valence-electron chi connectivity index (χ0n) is 9.70. The van der Waals surface area contributed by atoms with Crippen molar-refractivity contribution in [2.24, 2.45) is 5.92 Å². The van der Waals surface area contributed by atoms with Gasteiger partial charge in [-0.3, -0.25) is 14.5 Å². The Morgan fingerprint density at radius 2 is 2.32 bits per heavy atom. The largest absolute Gasteiger partial charge is 0.481 e. The summed E-state index contributed by atoms with van der Waals surface area (Å²) in [6, 6.07) is 0. The number of carbonyl (C=O) groups is 2. The first-order valence-electron chi connectivity index (χ1n) is 5.56. The Bertz CT molecular complexity index is 681. The molecule has 0 aliphatic carbocycles. The molecule has 1 unspecified atom stereocenters. The summed E-state index contributed by atoms with van der Waals surface area (Å²) in [6.45, 7) is 0.0452. The van der Waals surface area contributed by atoms with Crippen LogP contribution in [0.15, 0.2) is 6.33 Å². The highest BCUT2D eigenvalue weighted by Gasteiger charge is 2.36. The zero-order valence-corrected chi connectivity index (χ0v) is 9.70. The molecule has 1 aliphatic rings. The first kappa shape index (κ1) is 11.4. The maximum atomic E-state index is 11.8. The maximum absolute atomic E-state index is 11.8. The molecule has 2 aromatic rings. The minimum atomic E-state index is -1.01. The van der Waals surface area contributed by atoms with E-state index in [1.807, 2.05) is 0 Å². The molecule has 1 atom stereocenters. The van der Waals surface area contributed by atoms with Crippen molar-refractivity contribution in [2.45, 2.75) is 6.42 Å². The van der Waals surface area contributed by atoms with Crippen molar-refractivity contribution in [1.82, 2.24) is 19.9 Å². The number of aromatic amines is 1. The molecule has 0 radical (unpaired) electrons. The third-order valence-corrected chi connectivity index (χ3v) is 3.02. The Hall–Kier alpha value is -2.71. The monoisotopic (exact) mass is 262 g/mol. The summed E-state index contributed by atoms with van der Waals surface area (Å²) in [5.74, 6) is -1.83. The number of carboxylic acid groups (broad SMARTS) is 1. The van der Waals surface area contributed by atoms with Gasteiger partial charge in [0.1, 0.15) is 5.52 Å². The summed E-state index contributed by atoms with van der Waals surface area (Å²) in [7, 11) is 0. The minimum Gasteiger partial charge on any atom is -0.481 e. The number of imidazole rings is 1. The van der Waals surface area contributed by atoms with Gasteiger partial charge in [0.2, 0.25) is 11.9 Å². The molecule has 19 heavy (non-hydrogen) atoms. The van der Waals surface area contributed by atoms with Gasteiger partial charge in [0, 0.05) is 13.0 Å². The Morgan fingerprint density at radius 3 is 3.00 bits per heavy atom. The highest BCUT2D eigenvalue weighted by atomic mass is 16.4. The predicted octanol–water partition coefficient (Wildman–Crippen LogP) is -0.627. The molecule has 1 aliphatic heterocycles. The van der Waals surface area contributed by atoms with Gasteiger partial charge in [-0.1, -0.05) is 0 Å². The number of H-pyrrole nitrogens is 1. The van der Waals surface area contributed by atoms with Gasteiger partial charge in [-0.2, -0.15) is 9.97 Å². The van der Waals surface area contributed by atoms with Crippen LogP contribution in [0.5, 0.6) is 0 Å². The molecule has 0 saturated carbocycles. The number of nitrogens with one attached hydrogen (secondary N) is 1. The molecule has 9 nitrogen and oxygen atoms in total. The number of nitrogen functional groups attached to an aromatic ring is 1. The van der Waals surface area contributed by atoms with Gasteiger partial charge in [-0.25, -0.2) is 4.98 Å².